The minimum absolute atomic E-state index is 0.439. The van der Waals surface area contributed by atoms with E-state index in [1.165, 1.54) is 11.1 Å². The molecule has 90 valence electrons. The first-order valence-electron chi connectivity index (χ1n) is 5.88. The number of aryl methyl sites for hydroxylation is 2. The molecule has 4 heteroatoms. The molecule has 1 aromatic carbocycles. The highest BCUT2D eigenvalue weighted by Gasteiger charge is 2.12. The van der Waals surface area contributed by atoms with Gasteiger partial charge in [0.2, 0.25) is 0 Å². The molecule has 0 radical (unpaired) electrons. The molecule has 0 saturated heterocycles. The maximum absolute atomic E-state index is 5.66. The van der Waals surface area contributed by atoms with Crippen LogP contribution in [0.2, 0.25) is 0 Å². The van der Waals surface area contributed by atoms with Crippen LogP contribution >= 0.6 is 0 Å². The Morgan fingerprint density at radius 3 is 2.65 bits per heavy atom. The second-order valence-corrected chi connectivity index (χ2v) is 4.24. The van der Waals surface area contributed by atoms with Gasteiger partial charge in [-0.3, -0.25) is 0 Å². The fraction of sp³-hybridized carbons (Fsp3) is 0.385. The molecule has 0 unspecified atom stereocenters. The van der Waals surface area contributed by atoms with E-state index in [-0.39, 0.29) is 0 Å². The van der Waals surface area contributed by atoms with Crippen molar-refractivity contribution in [2.45, 2.75) is 33.7 Å². The SMILES string of the molecule is CCc1c(CN)nnn1-c1ccc(C)cc1C. The van der Waals surface area contributed by atoms with E-state index in [2.05, 4.69) is 49.3 Å². The van der Waals surface area contributed by atoms with Crippen molar-refractivity contribution in [3.05, 3.63) is 40.7 Å². The zero-order chi connectivity index (χ0) is 12.4. The Bertz CT molecular complexity index is 528. The third-order valence-electron chi connectivity index (χ3n) is 2.95. The highest BCUT2D eigenvalue weighted by Crippen LogP contribution is 2.18. The van der Waals surface area contributed by atoms with Crippen LogP contribution in [-0.4, -0.2) is 15.0 Å². The lowest BCUT2D eigenvalue weighted by molar-refractivity contribution is 0.762. The van der Waals surface area contributed by atoms with E-state index < -0.39 is 0 Å². The monoisotopic (exact) mass is 230 g/mol. The minimum atomic E-state index is 0.439. The van der Waals surface area contributed by atoms with Gasteiger partial charge in [0, 0.05) is 6.54 Å². The summed E-state index contributed by atoms with van der Waals surface area (Å²) in [5.74, 6) is 0. The topological polar surface area (TPSA) is 56.7 Å². The van der Waals surface area contributed by atoms with Gasteiger partial charge >= 0.3 is 0 Å². The van der Waals surface area contributed by atoms with E-state index >= 15 is 0 Å². The van der Waals surface area contributed by atoms with Crippen molar-refractivity contribution in [3.8, 4) is 5.69 Å². The zero-order valence-corrected chi connectivity index (χ0v) is 10.6. The molecular weight excluding hydrogens is 212 g/mol. The summed E-state index contributed by atoms with van der Waals surface area (Å²) in [7, 11) is 0. The number of aromatic nitrogens is 3. The molecule has 1 aromatic heterocycles. The Kier molecular flexibility index (Phi) is 3.24. The lowest BCUT2D eigenvalue weighted by Gasteiger charge is -2.09. The molecule has 0 fully saturated rings. The lowest BCUT2D eigenvalue weighted by Crippen LogP contribution is -2.06. The van der Waals surface area contributed by atoms with Crippen molar-refractivity contribution in [3.63, 3.8) is 0 Å². The van der Waals surface area contributed by atoms with Crippen molar-refractivity contribution in [2.75, 3.05) is 0 Å². The molecule has 17 heavy (non-hydrogen) atoms. The zero-order valence-electron chi connectivity index (χ0n) is 10.6. The van der Waals surface area contributed by atoms with Gasteiger partial charge in [0.15, 0.2) is 0 Å². The molecular formula is C13H18N4. The van der Waals surface area contributed by atoms with Crippen LogP contribution < -0.4 is 5.73 Å². The second-order valence-electron chi connectivity index (χ2n) is 4.24. The number of hydrogen-bond acceptors (Lipinski definition) is 3. The van der Waals surface area contributed by atoms with Crippen molar-refractivity contribution in [1.29, 1.82) is 0 Å². The maximum Gasteiger partial charge on any atom is 0.0999 e. The van der Waals surface area contributed by atoms with Crippen molar-refractivity contribution in [1.82, 2.24) is 15.0 Å². The molecule has 1 heterocycles. The second kappa shape index (κ2) is 4.67. The summed E-state index contributed by atoms with van der Waals surface area (Å²) < 4.78 is 1.90. The molecule has 0 amide bonds. The standard InChI is InChI=1S/C13H18N4/c1-4-12-11(8-14)15-16-17(12)13-6-5-9(2)7-10(13)3/h5-7H,4,8,14H2,1-3H3. The molecule has 0 saturated carbocycles. The van der Waals surface area contributed by atoms with Crippen molar-refractivity contribution < 1.29 is 0 Å². The smallest absolute Gasteiger partial charge is 0.0999 e. The summed E-state index contributed by atoms with van der Waals surface area (Å²) >= 11 is 0. The van der Waals surface area contributed by atoms with Crippen molar-refractivity contribution >= 4 is 0 Å². The summed E-state index contributed by atoms with van der Waals surface area (Å²) in [5, 5.41) is 8.34. The van der Waals surface area contributed by atoms with Crippen LogP contribution in [0.3, 0.4) is 0 Å². The number of nitrogens with zero attached hydrogens (tertiary/aromatic N) is 3. The van der Waals surface area contributed by atoms with Gasteiger partial charge in [-0.05, 0) is 31.9 Å². The first-order valence-corrected chi connectivity index (χ1v) is 5.88. The molecule has 0 aliphatic carbocycles. The minimum Gasteiger partial charge on any atom is -0.325 e. The van der Waals surface area contributed by atoms with E-state index in [0.717, 1.165) is 23.5 Å². The fourth-order valence-corrected chi connectivity index (χ4v) is 2.08. The number of benzene rings is 1. The summed E-state index contributed by atoms with van der Waals surface area (Å²) in [4.78, 5) is 0. The Labute approximate surface area is 101 Å². The van der Waals surface area contributed by atoms with Gasteiger partial charge in [0.25, 0.3) is 0 Å². The summed E-state index contributed by atoms with van der Waals surface area (Å²) in [5.41, 5.74) is 11.2. The van der Waals surface area contributed by atoms with E-state index in [1.54, 1.807) is 0 Å². The largest absolute Gasteiger partial charge is 0.325 e. The molecule has 0 aliphatic heterocycles. The Hall–Kier alpha value is -1.68. The molecule has 4 nitrogen and oxygen atoms in total. The molecule has 0 spiro atoms. The van der Waals surface area contributed by atoms with Gasteiger partial charge in [0.05, 0.1) is 17.1 Å². The Morgan fingerprint density at radius 1 is 1.29 bits per heavy atom. The fourth-order valence-electron chi connectivity index (χ4n) is 2.08. The highest BCUT2D eigenvalue weighted by atomic mass is 15.4. The van der Waals surface area contributed by atoms with Crippen LogP contribution in [0, 0.1) is 13.8 Å². The normalized spacial score (nSPS) is 10.8. The van der Waals surface area contributed by atoms with Crippen LogP contribution in [0.4, 0.5) is 0 Å². The van der Waals surface area contributed by atoms with E-state index in [1.807, 2.05) is 4.68 Å². The molecule has 2 rings (SSSR count). The summed E-state index contributed by atoms with van der Waals surface area (Å²) in [6.07, 6.45) is 0.882. The first-order chi connectivity index (χ1) is 8.17. The van der Waals surface area contributed by atoms with Crippen molar-refractivity contribution in [2.24, 2.45) is 5.73 Å². The van der Waals surface area contributed by atoms with E-state index in [0.29, 0.717) is 6.54 Å². The molecule has 0 bridgehead atoms. The highest BCUT2D eigenvalue weighted by molar-refractivity contribution is 5.43. The van der Waals surface area contributed by atoms with Gasteiger partial charge < -0.3 is 5.73 Å². The van der Waals surface area contributed by atoms with Crippen LogP contribution in [-0.2, 0) is 13.0 Å². The Balaban J connectivity index is 2.56. The summed E-state index contributed by atoms with van der Waals surface area (Å²) in [6, 6.07) is 6.32. The first kappa shape index (κ1) is 11.8. The Morgan fingerprint density at radius 2 is 2.06 bits per heavy atom. The molecule has 0 aliphatic rings. The van der Waals surface area contributed by atoms with Crippen LogP contribution in [0.25, 0.3) is 5.69 Å². The van der Waals surface area contributed by atoms with E-state index in [9.17, 15) is 0 Å². The third kappa shape index (κ3) is 2.08. The number of nitrogens with two attached hydrogens (primary N) is 1. The van der Waals surface area contributed by atoms with Gasteiger partial charge in [-0.15, -0.1) is 5.10 Å². The van der Waals surface area contributed by atoms with Gasteiger partial charge in [-0.1, -0.05) is 29.8 Å². The van der Waals surface area contributed by atoms with Gasteiger partial charge in [0.1, 0.15) is 0 Å². The average Bonchev–Trinajstić information content (AvgIpc) is 2.71. The third-order valence-corrected chi connectivity index (χ3v) is 2.95. The van der Waals surface area contributed by atoms with Gasteiger partial charge in [-0.25, -0.2) is 4.68 Å². The van der Waals surface area contributed by atoms with Crippen LogP contribution in [0.15, 0.2) is 18.2 Å². The molecule has 2 aromatic rings. The summed E-state index contributed by atoms with van der Waals surface area (Å²) in [6.45, 7) is 6.71. The van der Waals surface area contributed by atoms with Crippen LogP contribution in [0.5, 0.6) is 0 Å². The number of hydrogen-bond donors (Lipinski definition) is 1. The average molecular weight is 230 g/mol. The maximum atomic E-state index is 5.66. The quantitative estimate of drug-likeness (QED) is 0.876. The molecule has 0 atom stereocenters. The lowest BCUT2D eigenvalue weighted by atomic mass is 10.1. The van der Waals surface area contributed by atoms with Crippen LogP contribution in [0.1, 0.15) is 29.4 Å². The number of rotatable bonds is 3. The molecule has 2 N–H and O–H groups in total. The predicted molar refractivity (Wildman–Crippen MR) is 68.1 cm³/mol. The van der Waals surface area contributed by atoms with E-state index in [4.69, 9.17) is 5.73 Å². The van der Waals surface area contributed by atoms with Gasteiger partial charge in [-0.2, -0.15) is 0 Å². The predicted octanol–water partition coefficient (Wildman–Crippen LogP) is 1.91.